The number of nitrogens with one attached hydrogen (secondary N) is 1. The lowest BCUT2D eigenvalue weighted by Crippen LogP contribution is -2.19. The molecule has 1 N–H and O–H groups in total. The number of carbonyl (C=O) groups is 1. The summed E-state index contributed by atoms with van der Waals surface area (Å²) < 4.78 is 3.66. The summed E-state index contributed by atoms with van der Waals surface area (Å²) in [4.78, 5) is 11.8. The summed E-state index contributed by atoms with van der Waals surface area (Å²) in [5.41, 5.74) is 1.88. The highest BCUT2D eigenvalue weighted by atomic mass is 127. The minimum Gasteiger partial charge on any atom is -0.324 e. The zero-order valence-corrected chi connectivity index (χ0v) is 13.4. The SMILES string of the molecule is Cc1cc(NC(=O)Cn2cc(I)cn2)ccc1Br. The topological polar surface area (TPSA) is 46.9 Å². The molecule has 0 aliphatic rings. The van der Waals surface area contributed by atoms with Gasteiger partial charge in [-0.15, -0.1) is 0 Å². The highest BCUT2D eigenvalue weighted by molar-refractivity contribution is 14.1. The quantitative estimate of drug-likeness (QED) is 0.776. The molecule has 0 aliphatic heterocycles. The Hall–Kier alpha value is -0.890. The summed E-state index contributed by atoms with van der Waals surface area (Å²) in [5, 5.41) is 6.91. The van der Waals surface area contributed by atoms with Crippen LogP contribution in [0.5, 0.6) is 0 Å². The minimum absolute atomic E-state index is 0.0868. The maximum Gasteiger partial charge on any atom is 0.246 e. The molecule has 0 spiro atoms. The Morgan fingerprint density at radius 1 is 1.56 bits per heavy atom. The second-order valence-corrected chi connectivity index (χ2v) is 5.97. The predicted octanol–water partition coefficient (Wildman–Crippen LogP) is 3.20. The van der Waals surface area contributed by atoms with Gasteiger partial charge in [-0.2, -0.15) is 5.10 Å². The molecule has 0 saturated heterocycles. The number of hydrogen-bond donors (Lipinski definition) is 1. The zero-order valence-electron chi connectivity index (χ0n) is 9.65. The van der Waals surface area contributed by atoms with Gasteiger partial charge in [0.1, 0.15) is 6.54 Å². The lowest BCUT2D eigenvalue weighted by atomic mass is 10.2. The predicted molar refractivity (Wildman–Crippen MR) is 82.5 cm³/mol. The summed E-state index contributed by atoms with van der Waals surface area (Å²) >= 11 is 5.58. The van der Waals surface area contributed by atoms with Gasteiger partial charge < -0.3 is 5.32 Å². The summed E-state index contributed by atoms with van der Waals surface area (Å²) in [7, 11) is 0. The highest BCUT2D eigenvalue weighted by Gasteiger charge is 2.05. The first-order valence-corrected chi connectivity index (χ1v) is 7.16. The Morgan fingerprint density at radius 2 is 2.33 bits per heavy atom. The zero-order chi connectivity index (χ0) is 13.1. The minimum atomic E-state index is -0.0868. The second kappa shape index (κ2) is 5.83. The number of benzene rings is 1. The number of aromatic nitrogens is 2. The van der Waals surface area contributed by atoms with E-state index < -0.39 is 0 Å². The molecule has 4 nitrogen and oxygen atoms in total. The van der Waals surface area contributed by atoms with Crippen molar-refractivity contribution in [3.63, 3.8) is 0 Å². The molecule has 1 aromatic heterocycles. The van der Waals surface area contributed by atoms with E-state index in [1.54, 1.807) is 10.9 Å². The van der Waals surface area contributed by atoms with Gasteiger partial charge in [0.25, 0.3) is 0 Å². The van der Waals surface area contributed by atoms with Crippen molar-refractivity contribution in [2.75, 3.05) is 5.32 Å². The van der Waals surface area contributed by atoms with Gasteiger partial charge >= 0.3 is 0 Å². The van der Waals surface area contributed by atoms with Gasteiger partial charge in [0.05, 0.1) is 9.77 Å². The first kappa shape index (κ1) is 13.5. The van der Waals surface area contributed by atoms with Crippen molar-refractivity contribution in [2.45, 2.75) is 13.5 Å². The molecular weight excluding hydrogens is 409 g/mol. The number of amides is 1. The molecule has 0 radical (unpaired) electrons. The van der Waals surface area contributed by atoms with Crippen LogP contribution in [0.25, 0.3) is 0 Å². The van der Waals surface area contributed by atoms with Gasteiger partial charge in [0.2, 0.25) is 5.91 Å². The Balaban J connectivity index is 2.00. The van der Waals surface area contributed by atoms with Gasteiger partial charge in [-0.3, -0.25) is 9.48 Å². The normalized spacial score (nSPS) is 10.4. The van der Waals surface area contributed by atoms with E-state index in [0.717, 1.165) is 19.3 Å². The monoisotopic (exact) mass is 419 g/mol. The summed E-state index contributed by atoms with van der Waals surface area (Å²) in [6.45, 7) is 2.20. The molecule has 1 aromatic carbocycles. The summed E-state index contributed by atoms with van der Waals surface area (Å²) in [6, 6.07) is 5.71. The molecule has 0 aliphatic carbocycles. The molecule has 1 amide bonds. The number of carbonyl (C=O) groups excluding carboxylic acids is 1. The van der Waals surface area contributed by atoms with Crippen molar-refractivity contribution >= 4 is 50.1 Å². The molecule has 2 aromatic rings. The van der Waals surface area contributed by atoms with Gasteiger partial charge in [-0.05, 0) is 53.3 Å². The highest BCUT2D eigenvalue weighted by Crippen LogP contribution is 2.19. The Bertz CT molecular complexity index is 582. The van der Waals surface area contributed by atoms with Gasteiger partial charge in [-0.1, -0.05) is 15.9 Å². The van der Waals surface area contributed by atoms with Crippen molar-refractivity contribution in [1.82, 2.24) is 9.78 Å². The number of nitrogens with zero attached hydrogens (tertiary/aromatic N) is 2. The smallest absolute Gasteiger partial charge is 0.246 e. The van der Waals surface area contributed by atoms with Crippen molar-refractivity contribution in [3.8, 4) is 0 Å². The molecule has 94 valence electrons. The van der Waals surface area contributed by atoms with Crippen LogP contribution in [0.2, 0.25) is 0 Å². The lowest BCUT2D eigenvalue weighted by Gasteiger charge is -2.07. The van der Waals surface area contributed by atoms with E-state index in [2.05, 4.69) is 48.9 Å². The molecule has 1 heterocycles. The van der Waals surface area contributed by atoms with Crippen LogP contribution in [0.3, 0.4) is 0 Å². The standard InChI is InChI=1S/C12H11BrIN3O/c1-8-4-10(2-3-11(8)13)16-12(18)7-17-6-9(14)5-15-17/h2-6H,7H2,1H3,(H,16,18). The molecular formula is C12H11BrIN3O. The molecule has 0 unspecified atom stereocenters. The van der Waals surface area contributed by atoms with Crippen LogP contribution >= 0.6 is 38.5 Å². The maximum atomic E-state index is 11.8. The molecule has 2 rings (SSSR count). The van der Waals surface area contributed by atoms with E-state index in [1.807, 2.05) is 31.3 Å². The fraction of sp³-hybridized carbons (Fsp3) is 0.167. The molecule has 18 heavy (non-hydrogen) atoms. The molecule has 0 atom stereocenters. The first-order valence-electron chi connectivity index (χ1n) is 5.28. The molecule has 0 bridgehead atoms. The lowest BCUT2D eigenvalue weighted by molar-refractivity contribution is -0.116. The van der Waals surface area contributed by atoms with Crippen LogP contribution in [0, 0.1) is 10.5 Å². The van der Waals surface area contributed by atoms with Gasteiger partial charge in [0.15, 0.2) is 0 Å². The average molecular weight is 420 g/mol. The number of rotatable bonds is 3. The van der Waals surface area contributed by atoms with E-state index in [9.17, 15) is 4.79 Å². The van der Waals surface area contributed by atoms with Crippen LogP contribution < -0.4 is 5.32 Å². The Kier molecular flexibility index (Phi) is 4.39. The van der Waals surface area contributed by atoms with Crippen LogP contribution in [0.1, 0.15) is 5.56 Å². The van der Waals surface area contributed by atoms with Crippen LogP contribution in [0.15, 0.2) is 35.1 Å². The van der Waals surface area contributed by atoms with E-state index >= 15 is 0 Å². The third-order valence-corrected chi connectivity index (χ3v) is 3.80. The van der Waals surface area contributed by atoms with Gasteiger partial charge in [-0.25, -0.2) is 0 Å². The van der Waals surface area contributed by atoms with E-state index in [4.69, 9.17) is 0 Å². The number of halogens is 2. The maximum absolute atomic E-state index is 11.8. The summed E-state index contributed by atoms with van der Waals surface area (Å²) in [5.74, 6) is -0.0868. The van der Waals surface area contributed by atoms with Crippen LogP contribution in [-0.2, 0) is 11.3 Å². The fourth-order valence-electron chi connectivity index (χ4n) is 1.49. The van der Waals surface area contributed by atoms with Crippen molar-refractivity contribution in [3.05, 3.63) is 44.2 Å². The third-order valence-electron chi connectivity index (χ3n) is 2.35. The average Bonchev–Trinajstić information content (AvgIpc) is 2.69. The molecule has 0 saturated carbocycles. The molecule has 0 fully saturated rings. The van der Waals surface area contributed by atoms with E-state index in [-0.39, 0.29) is 12.5 Å². The third kappa shape index (κ3) is 3.55. The van der Waals surface area contributed by atoms with Crippen molar-refractivity contribution in [2.24, 2.45) is 0 Å². The number of aryl methyl sites for hydroxylation is 1. The van der Waals surface area contributed by atoms with E-state index in [0.29, 0.717) is 0 Å². The largest absolute Gasteiger partial charge is 0.324 e. The Labute approximate surface area is 127 Å². The summed E-state index contributed by atoms with van der Waals surface area (Å²) in [6.07, 6.45) is 3.55. The van der Waals surface area contributed by atoms with E-state index in [1.165, 1.54) is 0 Å². The fourth-order valence-corrected chi connectivity index (χ4v) is 2.19. The molecule has 6 heteroatoms. The van der Waals surface area contributed by atoms with Crippen LogP contribution in [-0.4, -0.2) is 15.7 Å². The Morgan fingerprint density at radius 3 is 2.94 bits per heavy atom. The first-order chi connectivity index (χ1) is 8.54. The van der Waals surface area contributed by atoms with Gasteiger partial charge in [0, 0.05) is 16.4 Å². The van der Waals surface area contributed by atoms with Crippen molar-refractivity contribution < 1.29 is 4.79 Å². The van der Waals surface area contributed by atoms with Crippen molar-refractivity contribution in [1.29, 1.82) is 0 Å². The second-order valence-electron chi connectivity index (χ2n) is 3.87. The van der Waals surface area contributed by atoms with Crippen LogP contribution in [0.4, 0.5) is 5.69 Å². The number of anilines is 1. The number of hydrogen-bond acceptors (Lipinski definition) is 2.